The summed E-state index contributed by atoms with van der Waals surface area (Å²) in [5.41, 5.74) is 1.09. The number of benzene rings is 1. The molecule has 2 heterocycles. The lowest BCUT2D eigenvalue weighted by Crippen LogP contribution is -2.28. The maximum absolute atomic E-state index is 13.1. The highest BCUT2D eigenvalue weighted by Gasteiger charge is 2.21. The SMILES string of the molecule is CCn1ccc2sc(C)c(C(=O)NC(C)c3ccc(F)cc3)c2c1=O. The van der Waals surface area contributed by atoms with Gasteiger partial charge in [-0.25, -0.2) is 4.39 Å². The van der Waals surface area contributed by atoms with Crippen molar-refractivity contribution >= 4 is 27.3 Å². The minimum atomic E-state index is -0.318. The fourth-order valence-corrected chi connectivity index (χ4v) is 3.94. The van der Waals surface area contributed by atoms with Crippen LogP contribution in [0.5, 0.6) is 0 Å². The Balaban J connectivity index is 1.98. The van der Waals surface area contributed by atoms with Gasteiger partial charge < -0.3 is 9.88 Å². The first-order valence-electron chi connectivity index (χ1n) is 8.11. The number of hydrogen-bond donors (Lipinski definition) is 1. The molecular formula is C19H19FN2O2S. The third kappa shape index (κ3) is 3.22. The van der Waals surface area contributed by atoms with E-state index in [9.17, 15) is 14.0 Å². The van der Waals surface area contributed by atoms with E-state index in [-0.39, 0.29) is 23.3 Å². The summed E-state index contributed by atoms with van der Waals surface area (Å²) < 4.78 is 15.5. The first-order chi connectivity index (χ1) is 11.9. The number of nitrogens with one attached hydrogen (secondary N) is 1. The number of aromatic nitrogens is 1. The van der Waals surface area contributed by atoms with Crippen LogP contribution < -0.4 is 10.9 Å². The molecule has 0 aliphatic carbocycles. The second-order valence-corrected chi connectivity index (χ2v) is 7.18. The van der Waals surface area contributed by atoms with Crippen molar-refractivity contribution < 1.29 is 9.18 Å². The molecule has 0 aliphatic rings. The smallest absolute Gasteiger partial charge is 0.260 e. The summed E-state index contributed by atoms with van der Waals surface area (Å²) in [6, 6.07) is 7.59. The van der Waals surface area contributed by atoms with Crippen LogP contribution in [-0.2, 0) is 6.54 Å². The lowest BCUT2D eigenvalue weighted by Gasteiger charge is -2.14. The molecule has 0 radical (unpaired) electrons. The molecule has 0 saturated carbocycles. The fraction of sp³-hybridized carbons (Fsp3) is 0.263. The number of hydrogen-bond acceptors (Lipinski definition) is 3. The number of aryl methyl sites for hydroxylation is 2. The number of carbonyl (C=O) groups is 1. The van der Waals surface area contributed by atoms with Crippen molar-refractivity contribution in [1.29, 1.82) is 0 Å². The van der Waals surface area contributed by atoms with Gasteiger partial charge in [-0.2, -0.15) is 0 Å². The quantitative estimate of drug-likeness (QED) is 0.766. The molecule has 4 nitrogen and oxygen atoms in total. The van der Waals surface area contributed by atoms with Gasteiger partial charge in [0.2, 0.25) is 0 Å². The van der Waals surface area contributed by atoms with Gasteiger partial charge in [-0.15, -0.1) is 11.3 Å². The minimum absolute atomic E-state index is 0.149. The Bertz CT molecular complexity index is 989. The molecule has 0 fully saturated rings. The van der Waals surface area contributed by atoms with Crippen LogP contribution in [0.25, 0.3) is 10.1 Å². The molecule has 1 unspecified atom stereocenters. The Morgan fingerprint density at radius 2 is 1.96 bits per heavy atom. The molecule has 3 rings (SSSR count). The Kier molecular flexibility index (Phi) is 4.72. The van der Waals surface area contributed by atoms with E-state index in [2.05, 4.69) is 5.32 Å². The van der Waals surface area contributed by atoms with Crippen molar-refractivity contribution in [3.8, 4) is 0 Å². The van der Waals surface area contributed by atoms with Crippen LogP contribution in [0, 0.1) is 12.7 Å². The first kappa shape index (κ1) is 17.4. The van der Waals surface area contributed by atoms with E-state index in [1.165, 1.54) is 23.5 Å². The lowest BCUT2D eigenvalue weighted by molar-refractivity contribution is 0.0941. The summed E-state index contributed by atoms with van der Waals surface area (Å²) in [5.74, 6) is -0.603. The standard InChI is InChI=1S/C19H19FN2O2S/c1-4-22-10-9-15-17(19(22)24)16(12(3)25-15)18(23)21-11(2)13-5-7-14(20)8-6-13/h5-11H,4H2,1-3H3,(H,21,23). The summed E-state index contributed by atoms with van der Waals surface area (Å²) in [5, 5.41) is 3.38. The minimum Gasteiger partial charge on any atom is -0.345 e. The van der Waals surface area contributed by atoms with E-state index in [0.29, 0.717) is 17.5 Å². The van der Waals surface area contributed by atoms with Crippen LogP contribution in [0.2, 0.25) is 0 Å². The van der Waals surface area contributed by atoms with Crippen molar-refractivity contribution in [2.45, 2.75) is 33.4 Å². The molecule has 0 aliphatic heterocycles. The van der Waals surface area contributed by atoms with Gasteiger partial charge in [0.25, 0.3) is 11.5 Å². The van der Waals surface area contributed by atoms with Crippen LogP contribution in [0.3, 0.4) is 0 Å². The molecular weight excluding hydrogens is 339 g/mol. The largest absolute Gasteiger partial charge is 0.345 e. The number of pyridine rings is 1. The van der Waals surface area contributed by atoms with Gasteiger partial charge in [0.15, 0.2) is 0 Å². The van der Waals surface area contributed by atoms with Crippen LogP contribution in [0.4, 0.5) is 4.39 Å². The summed E-state index contributed by atoms with van der Waals surface area (Å²) >= 11 is 1.44. The Morgan fingerprint density at radius 1 is 1.28 bits per heavy atom. The molecule has 0 bridgehead atoms. The van der Waals surface area contributed by atoms with Crippen LogP contribution >= 0.6 is 11.3 Å². The summed E-state index contributed by atoms with van der Waals surface area (Å²) in [7, 11) is 0. The lowest BCUT2D eigenvalue weighted by atomic mass is 10.1. The average Bonchev–Trinajstić information content (AvgIpc) is 2.92. The van der Waals surface area contributed by atoms with Gasteiger partial charge in [0.05, 0.1) is 17.0 Å². The summed E-state index contributed by atoms with van der Waals surface area (Å²) in [4.78, 5) is 26.3. The maximum atomic E-state index is 13.1. The third-order valence-electron chi connectivity index (χ3n) is 4.28. The molecule has 6 heteroatoms. The molecule has 1 aromatic carbocycles. The Morgan fingerprint density at radius 3 is 2.60 bits per heavy atom. The van der Waals surface area contributed by atoms with E-state index >= 15 is 0 Å². The summed E-state index contributed by atoms with van der Waals surface area (Å²) in [6.07, 6.45) is 1.75. The zero-order valence-corrected chi connectivity index (χ0v) is 15.1. The van der Waals surface area contributed by atoms with Gasteiger partial charge in [-0.05, 0) is 44.5 Å². The predicted molar refractivity (Wildman–Crippen MR) is 98.8 cm³/mol. The third-order valence-corrected chi connectivity index (χ3v) is 5.35. The van der Waals surface area contributed by atoms with Crippen molar-refractivity contribution in [3.63, 3.8) is 0 Å². The van der Waals surface area contributed by atoms with Crippen LogP contribution in [0.15, 0.2) is 41.3 Å². The number of fused-ring (bicyclic) bond motifs is 1. The average molecular weight is 358 g/mol. The molecule has 0 saturated heterocycles. The number of amides is 1. The van der Waals surface area contributed by atoms with Gasteiger partial charge in [0.1, 0.15) is 5.82 Å². The molecule has 1 N–H and O–H groups in total. The molecule has 130 valence electrons. The zero-order valence-electron chi connectivity index (χ0n) is 14.3. The van der Waals surface area contributed by atoms with E-state index in [0.717, 1.165) is 15.1 Å². The Hall–Kier alpha value is -2.47. The highest BCUT2D eigenvalue weighted by Crippen LogP contribution is 2.29. The number of rotatable bonds is 4. The van der Waals surface area contributed by atoms with Gasteiger partial charge in [0, 0.05) is 22.3 Å². The van der Waals surface area contributed by atoms with Crippen molar-refractivity contribution in [1.82, 2.24) is 9.88 Å². The Labute approximate surface area is 148 Å². The monoisotopic (exact) mass is 358 g/mol. The number of thiophene rings is 1. The molecule has 25 heavy (non-hydrogen) atoms. The van der Waals surface area contributed by atoms with Crippen molar-refractivity contribution in [2.24, 2.45) is 0 Å². The molecule has 2 aromatic heterocycles. The first-order valence-corrected chi connectivity index (χ1v) is 8.93. The topological polar surface area (TPSA) is 51.1 Å². The number of halogens is 1. The van der Waals surface area contributed by atoms with E-state index in [4.69, 9.17) is 0 Å². The fourth-order valence-electron chi connectivity index (χ4n) is 2.89. The second kappa shape index (κ2) is 6.80. The summed E-state index contributed by atoms with van der Waals surface area (Å²) in [6.45, 7) is 6.12. The van der Waals surface area contributed by atoms with Gasteiger partial charge >= 0.3 is 0 Å². The molecule has 1 amide bonds. The maximum Gasteiger partial charge on any atom is 0.260 e. The highest BCUT2D eigenvalue weighted by molar-refractivity contribution is 7.19. The predicted octanol–water partition coefficient (Wildman–Crippen LogP) is 4.02. The van der Waals surface area contributed by atoms with Gasteiger partial charge in [-0.3, -0.25) is 9.59 Å². The van der Waals surface area contributed by atoms with Gasteiger partial charge in [-0.1, -0.05) is 12.1 Å². The van der Waals surface area contributed by atoms with E-state index in [1.54, 1.807) is 22.9 Å². The van der Waals surface area contributed by atoms with E-state index in [1.807, 2.05) is 26.8 Å². The number of nitrogens with zero attached hydrogens (tertiary/aromatic N) is 1. The van der Waals surface area contributed by atoms with E-state index < -0.39 is 0 Å². The molecule has 1 atom stereocenters. The normalized spacial score (nSPS) is 12.3. The highest BCUT2D eigenvalue weighted by atomic mass is 32.1. The van der Waals surface area contributed by atoms with Crippen molar-refractivity contribution in [2.75, 3.05) is 0 Å². The van der Waals surface area contributed by atoms with Crippen molar-refractivity contribution in [3.05, 3.63) is 68.7 Å². The second-order valence-electron chi connectivity index (χ2n) is 5.93. The zero-order chi connectivity index (χ0) is 18.1. The van der Waals surface area contributed by atoms with Crippen LogP contribution in [-0.4, -0.2) is 10.5 Å². The number of carbonyl (C=O) groups excluding carboxylic acids is 1. The molecule has 0 spiro atoms. The van der Waals surface area contributed by atoms with Crippen LogP contribution in [0.1, 0.15) is 40.7 Å². The molecule has 3 aromatic rings.